The molecule has 0 N–H and O–H groups in total. The molecule has 0 aliphatic heterocycles. The Morgan fingerprint density at radius 2 is 1.09 bits per heavy atom. The minimum Gasteiger partial charge on any atom is -0.459 e. The van der Waals surface area contributed by atoms with Crippen LogP contribution in [0.25, 0.3) is 0 Å². The Morgan fingerprint density at radius 1 is 0.727 bits per heavy atom. The summed E-state index contributed by atoms with van der Waals surface area (Å²) in [6.45, 7) is 0. The second-order valence-electron chi connectivity index (χ2n) is 6.17. The van der Waals surface area contributed by atoms with Gasteiger partial charge in [0.25, 0.3) is 0 Å². The lowest BCUT2D eigenvalue weighted by Crippen LogP contribution is -2.20. The summed E-state index contributed by atoms with van der Waals surface area (Å²) < 4.78 is 11.0. The molecule has 1 aromatic carbocycles. The first-order chi connectivity index (χ1) is 10.7. The van der Waals surface area contributed by atoms with Gasteiger partial charge in [0.1, 0.15) is 12.2 Å². The van der Waals surface area contributed by atoms with E-state index < -0.39 is 11.9 Å². The van der Waals surface area contributed by atoms with Gasteiger partial charge >= 0.3 is 11.9 Å². The van der Waals surface area contributed by atoms with Gasteiger partial charge in [-0.15, -0.1) is 0 Å². The van der Waals surface area contributed by atoms with Gasteiger partial charge in [0, 0.05) is 0 Å². The third kappa shape index (κ3) is 3.49. The van der Waals surface area contributed by atoms with Crippen molar-refractivity contribution < 1.29 is 19.1 Å². The number of hydrogen-bond acceptors (Lipinski definition) is 4. The van der Waals surface area contributed by atoms with Gasteiger partial charge in [-0.1, -0.05) is 12.1 Å². The zero-order valence-electron chi connectivity index (χ0n) is 12.8. The quantitative estimate of drug-likeness (QED) is 0.792. The Labute approximate surface area is 130 Å². The monoisotopic (exact) mass is 302 g/mol. The topological polar surface area (TPSA) is 52.6 Å². The fourth-order valence-corrected chi connectivity index (χ4v) is 3.28. The predicted molar refractivity (Wildman–Crippen MR) is 81.8 cm³/mol. The van der Waals surface area contributed by atoms with E-state index in [1.54, 1.807) is 24.3 Å². The highest BCUT2D eigenvalue weighted by Gasteiger charge is 2.26. The van der Waals surface area contributed by atoms with E-state index in [0.29, 0.717) is 11.1 Å². The SMILES string of the molecule is O=C(OC1CCCC1)c1ccccc1C(=O)OC1CCCC1. The summed E-state index contributed by atoms with van der Waals surface area (Å²) >= 11 is 0. The summed E-state index contributed by atoms with van der Waals surface area (Å²) in [7, 11) is 0. The molecule has 2 fully saturated rings. The highest BCUT2D eigenvalue weighted by molar-refractivity contribution is 6.03. The van der Waals surface area contributed by atoms with Crippen molar-refractivity contribution in [2.45, 2.75) is 63.6 Å². The lowest BCUT2D eigenvalue weighted by Gasteiger charge is -2.15. The molecule has 22 heavy (non-hydrogen) atoms. The lowest BCUT2D eigenvalue weighted by molar-refractivity contribution is 0.0269. The second-order valence-corrected chi connectivity index (χ2v) is 6.17. The van der Waals surface area contributed by atoms with Crippen LogP contribution < -0.4 is 0 Å². The van der Waals surface area contributed by atoms with Crippen molar-refractivity contribution in [2.24, 2.45) is 0 Å². The third-order valence-electron chi connectivity index (χ3n) is 4.52. The van der Waals surface area contributed by atoms with Crippen LogP contribution in [0.1, 0.15) is 72.1 Å². The Bertz CT molecular complexity index is 491. The van der Waals surface area contributed by atoms with Crippen molar-refractivity contribution >= 4 is 11.9 Å². The van der Waals surface area contributed by atoms with Gasteiger partial charge in [-0.3, -0.25) is 0 Å². The number of ether oxygens (including phenoxy) is 2. The smallest absolute Gasteiger partial charge is 0.339 e. The van der Waals surface area contributed by atoms with Crippen LogP contribution in [0.15, 0.2) is 24.3 Å². The predicted octanol–water partition coefficient (Wildman–Crippen LogP) is 3.89. The summed E-state index contributed by atoms with van der Waals surface area (Å²) in [6, 6.07) is 6.78. The normalized spacial score (nSPS) is 19.3. The van der Waals surface area contributed by atoms with Crippen molar-refractivity contribution in [1.29, 1.82) is 0 Å². The van der Waals surface area contributed by atoms with Crippen molar-refractivity contribution in [1.82, 2.24) is 0 Å². The summed E-state index contributed by atoms with van der Waals surface area (Å²) in [6.07, 6.45) is 8.05. The fraction of sp³-hybridized carbons (Fsp3) is 0.556. The molecule has 0 atom stereocenters. The number of rotatable bonds is 4. The van der Waals surface area contributed by atoms with Crippen LogP contribution >= 0.6 is 0 Å². The molecule has 1 aromatic rings. The average molecular weight is 302 g/mol. The minimum absolute atomic E-state index is 0.00795. The molecule has 2 aliphatic rings. The number of carbonyl (C=O) groups excluding carboxylic acids is 2. The summed E-state index contributed by atoms with van der Waals surface area (Å²) in [4.78, 5) is 24.7. The van der Waals surface area contributed by atoms with E-state index in [4.69, 9.17) is 9.47 Å². The van der Waals surface area contributed by atoms with Gasteiger partial charge in [-0.05, 0) is 63.5 Å². The molecule has 2 saturated carbocycles. The van der Waals surface area contributed by atoms with Crippen molar-refractivity contribution in [3.63, 3.8) is 0 Å². The Morgan fingerprint density at radius 3 is 1.45 bits per heavy atom. The van der Waals surface area contributed by atoms with Crippen LogP contribution in [0.4, 0.5) is 0 Å². The number of esters is 2. The highest BCUT2D eigenvalue weighted by Crippen LogP contribution is 2.25. The molecule has 4 nitrogen and oxygen atoms in total. The maximum Gasteiger partial charge on any atom is 0.339 e. The first-order valence-corrected chi connectivity index (χ1v) is 8.25. The molecule has 0 heterocycles. The van der Waals surface area contributed by atoms with Gasteiger partial charge in [-0.2, -0.15) is 0 Å². The summed E-state index contributed by atoms with van der Waals surface area (Å²) in [5.74, 6) is -0.822. The zero-order chi connectivity index (χ0) is 15.4. The lowest BCUT2D eigenvalue weighted by atomic mass is 10.1. The summed E-state index contributed by atoms with van der Waals surface area (Å²) in [5.41, 5.74) is 0.634. The molecule has 0 radical (unpaired) electrons. The molecule has 3 rings (SSSR count). The Hall–Kier alpha value is -1.84. The second kappa shape index (κ2) is 6.95. The molecule has 0 amide bonds. The largest absolute Gasteiger partial charge is 0.459 e. The first kappa shape index (κ1) is 15.1. The van der Waals surface area contributed by atoms with E-state index in [1.165, 1.54) is 0 Å². The number of carbonyl (C=O) groups is 2. The Kier molecular flexibility index (Phi) is 4.76. The van der Waals surface area contributed by atoms with Gasteiger partial charge in [0.15, 0.2) is 0 Å². The highest BCUT2D eigenvalue weighted by atomic mass is 16.5. The average Bonchev–Trinajstić information content (AvgIpc) is 3.21. The van der Waals surface area contributed by atoms with Crippen LogP contribution in [-0.2, 0) is 9.47 Å². The molecule has 4 heteroatoms. The van der Waals surface area contributed by atoms with E-state index in [0.717, 1.165) is 51.4 Å². The van der Waals surface area contributed by atoms with Crippen LogP contribution in [0, 0.1) is 0 Å². The van der Waals surface area contributed by atoms with Crippen molar-refractivity contribution in [3.05, 3.63) is 35.4 Å². The van der Waals surface area contributed by atoms with Gasteiger partial charge in [0.2, 0.25) is 0 Å². The molecule has 0 saturated heterocycles. The minimum atomic E-state index is -0.411. The Balaban J connectivity index is 1.70. The molecular weight excluding hydrogens is 280 g/mol. The van der Waals surface area contributed by atoms with Crippen LogP contribution in [0.3, 0.4) is 0 Å². The third-order valence-corrected chi connectivity index (χ3v) is 4.52. The molecule has 118 valence electrons. The molecular formula is C18H22O4. The van der Waals surface area contributed by atoms with E-state index >= 15 is 0 Å². The van der Waals surface area contributed by atoms with Crippen LogP contribution in [0.2, 0.25) is 0 Å². The maximum atomic E-state index is 12.3. The maximum absolute atomic E-state index is 12.3. The van der Waals surface area contributed by atoms with E-state index in [1.807, 2.05) is 0 Å². The van der Waals surface area contributed by atoms with Crippen LogP contribution in [-0.4, -0.2) is 24.1 Å². The van der Waals surface area contributed by atoms with Crippen LogP contribution in [0.5, 0.6) is 0 Å². The van der Waals surface area contributed by atoms with Gasteiger partial charge < -0.3 is 9.47 Å². The first-order valence-electron chi connectivity index (χ1n) is 8.25. The molecule has 0 aromatic heterocycles. The molecule has 0 bridgehead atoms. The van der Waals surface area contributed by atoms with E-state index in [9.17, 15) is 9.59 Å². The fourth-order valence-electron chi connectivity index (χ4n) is 3.28. The standard InChI is InChI=1S/C18H22O4/c19-17(21-13-7-1-2-8-13)15-11-5-6-12-16(15)18(20)22-14-9-3-4-10-14/h5-6,11-14H,1-4,7-10H2. The summed E-state index contributed by atoms with van der Waals surface area (Å²) in [5, 5.41) is 0. The number of benzene rings is 1. The zero-order valence-corrected chi connectivity index (χ0v) is 12.8. The molecule has 2 aliphatic carbocycles. The van der Waals surface area contributed by atoms with Crippen molar-refractivity contribution in [3.8, 4) is 0 Å². The molecule has 0 spiro atoms. The van der Waals surface area contributed by atoms with Gasteiger partial charge in [-0.25, -0.2) is 9.59 Å². The van der Waals surface area contributed by atoms with Gasteiger partial charge in [0.05, 0.1) is 11.1 Å². The van der Waals surface area contributed by atoms with E-state index in [-0.39, 0.29) is 12.2 Å². The van der Waals surface area contributed by atoms with Crippen molar-refractivity contribution in [2.75, 3.05) is 0 Å². The number of hydrogen-bond donors (Lipinski definition) is 0. The van der Waals surface area contributed by atoms with E-state index in [2.05, 4.69) is 0 Å². The molecule has 0 unspecified atom stereocenters.